The van der Waals surface area contributed by atoms with E-state index in [1.54, 1.807) is 0 Å². The van der Waals surface area contributed by atoms with Gasteiger partial charge in [-0.2, -0.15) is 0 Å². The summed E-state index contributed by atoms with van der Waals surface area (Å²) in [7, 11) is 0. The van der Waals surface area contributed by atoms with Crippen LogP contribution in [0.2, 0.25) is 0 Å². The summed E-state index contributed by atoms with van der Waals surface area (Å²) in [5.74, 6) is -4.96. The number of hydrogen-bond acceptors (Lipinski definition) is 12. The highest BCUT2D eigenvalue weighted by Gasteiger charge is 2.48. The number of benzene rings is 2. The van der Waals surface area contributed by atoms with Gasteiger partial charge >= 0.3 is 5.97 Å². The summed E-state index contributed by atoms with van der Waals surface area (Å²) in [5.41, 5.74) is -1.35. The molecule has 0 amide bonds. The van der Waals surface area contributed by atoms with Crippen LogP contribution in [0.4, 0.5) is 0 Å². The fraction of sp³-hybridized carbons (Fsp3) is 0.238. The average molecular weight is 478 g/mol. The molecule has 3 aromatic rings. The number of hydrogen-bond donors (Lipinski definition) is 8. The first-order valence-electron chi connectivity index (χ1n) is 9.64. The second-order valence-electron chi connectivity index (χ2n) is 7.48. The number of phenolic OH excluding ortho intramolecular Hbond substituents is 3. The normalized spacial score (nSPS) is 24.7. The summed E-state index contributed by atoms with van der Waals surface area (Å²) in [6, 6.07) is 5.30. The molecule has 1 saturated heterocycles. The summed E-state index contributed by atoms with van der Waals surface area (Å²) in [4.78, 5) is 23.9. The molecule has 4 rings (SSSR count). The van der Waals surface area contributed by atoms with Crippen LogP contribution in [0.15, 0.2) is 39.5 Å². The van der Waals surface area contributed by atoms with E-state index in [9.17, 15) is 45.3 Å². The zero-order valence-electron chi connectivity index (χ0n) is 16.9. The van der Waals surface area contributed by atoms with Crippen LogP contribution in [0.25, 0.3) is 22.3 Å². The molecule has 180 valence electrons. The quantitative estimate of drug-likeness (QED) is 0.223. The van der Waals surface area contributed by atoms with Gasteiger partial charge in [0.25, 0.3) is 0 Å². The number of rotatable bonds is 4. The molecule has 34 heavy (non-hydrogen) atoms. The number of carbonyl (C=O) groups is 1. The van der Waals surface area contributed by atoms with Gasteiger partial charge in [-0.1, -0.05) is 0 Å². The zero-order valence-corrected chi connectivity index (χ0v) is 16.9. The van der Waals surface area contributed by atoms with E-state index in [1.165, 1.54) is 6.07 Å². The van der Waals surface area contributed by atoms with Crippen LogP contribution in [0.1, 0.15) is 0 Å². The number of carboxylic acid groups (broad SMARTS) is 1. The summed E-state index contributed by atoms with van der Waals surface area (Å²) in [6.45, 7) is 0. The summed E-state index contributed by atoms with van der Waals surface area (Å²) in [6.07, 6.45) is -9.49. The molecule has 13 nitrogen and oxygen atoms in total. The monoisotopic (exact) mass is 478 g/mol. The molecule has 0 bridgehead atoms. The lowest BCUT2D eigenvalue weighted by molar-refractivity contribution is -0.271. The van der Waals surface area contributed by atoms with Crippen LogP contribution in [0.3, 0.4) is 0 Å². The van der Waals surface area contributed by atoms with Crippen LogP contribution in [-0.4, -0.2) is 77.5 Å². The van der Waals surface area contributed by atoms with Crippen LogP contribution >= 0.6 is 0 Å². The Hall–Kier alpha value is -4.04. The first-order chi connectivity index (χ1) is 16.0. The second-order valence-corrected chi connectivity index (χ2v) is 7.48. The number of aliphatic hydroxyl groups is 3. The number of fused-ring (bicyclic) bond motifs is 1. The lowest BCUT2D eigenvalue weighted by Gasteiger charge is -2.38. The van der Waals surface area contributed by atoms with Crippen molar-refractivity contribution in [2.45, 2.75) is 30.7 Å². The Kier molecular flexibility index (Phi) is 5.70. The fourth-order valence-electron chi connectivity index (χ4n) is 3.48. The molecule has 1 aliphatic heterocycles. The van der Waals surface area contributed by atoms with E-state index >= 15 is 0 Å². The minimum atomic E-state index is -1.94. The molecule has 0 radical (unpaired) electrons. The highest BCUT2D eigenvalue weighted by atomic mass is 16.7. The molecule has 1 fully saturated rings. The predicted octanol–water partition coefficient (Wildman–Crippen LogP) is -0.447. The highest BCUT2D eigenvalue weighted by Crippen LogP contribution is 2.38. The van der Waals surface area contributed by atoms with Crippen molar-refractivity contribution in [2.24, 2.45) is 0 Å². The molecule has 8 N–H and O–H groups in total. The van der Waals surface area contributed by atoms with E-state index in [-0.39, 0.29) is 16.9 Å². The van der Waals surface area contributed by atoms with Crippen molar-refractivity contribution in [3.05, 3.63) is 40.6 Å². The Morgan fingerprint density at radius 3 is 2.24 bits per heavy atom. The Morgan fingerprint density at radius 1 is 0.882 bits per heavy atom. The average Bonchev–Trinajstić information content (AvgIpc) is 2.78. The van der Waals surface area contributed by atoms with Gasteiger partial charge in [-0.3, -0.25) is 4.79 Å². The number of phenols is 3. The number of aliphatic carboxylic acids is 1. The van der Waals surface area contributed by atoms with Gasteiger partial charge in [-0.25, -0.2) is 4.79 Å². The third-order valence-electron chi connectivity index (χ3n) is 5.23. The van der Waals surface area contributed by atoms with Gasteiger partial charge in [0.05, 0.1) is 0 Å². The van der Waals surface area contributed by atoms with Crippen LogP contribution in [0, 0.1) is 0 Å². The largest absolute Gasteiger partial charge is 0.507 e. The van der Waals surface area contributed by atoms with E-state index < -0.39 is 76.2 Å². The van der Waals surface area contributed by atoms with Crippen molar-refractivity contribution in [3.63, 3.8) is 0 Å². The SMILES string of the molecule is O=C(O)C1O[C@@H](Oc2cc(O)c3c(=O)c(O)c(-c4ccc(O)c(O)c4)oc3c2)C(O)[C@@H](O)[C@@H]1O. The highest BCUT2D eigenvalue weighted by molar-refractivity contribution is 5.88. The number of carboxylic acids is 1. The fourth-order valence-corrected chi connectivity index (χ4v) is 3.48. The van der Waals surface area contributed by atoms with E-state index in [2.05, 4.69) is 0 Å². The van der Waals surface area contributed by atoms with Crippen molar-refractivity contribution in [3.8, 4) is 40.1 Å². The van der Waals surface area contributed by atoms with Gasteiger partial charge in [0.2, 0.25) is 17.5 Å². The third kappa shape index (κ3) is 3.82. The molecule has 5 atom stereocenters. The molecule has 13 heteroatoms. The van der Waals surface area contributed by atoms with Gasteiger partial charge in [0, 0.05) is 17.7 Å². The first kappa shape index (κ1) is 23.1. The predicted molar refractivity (Wildman–Crippen MR) is 110 cm³/mol. The van der Waals surface area contributed by atoms with Crippen molar-refractivity contribution < 1.29 is 59.5 Å². The maximum atomic E-state index is 12.6. The molecule has 2 heterocycles. The van der Waals surface area contributed by atoms with Gasteiger partial charge in [-0.05, 0) is 18.2 Å². The molecule has 0 saturated carbocycles. The maximum absolute atomic E-state index is 12.6. The van der Waals surface area contributed by atoms with Crippen molar-refractivity contribution in [2.75, 3.05) is 0 Å². The molecule has 2 unspecified atom stereocenters. The zero-order chi connectivity index (χ0) is 24.9. The Balaban J connectivity index is 1.77. The van der Waals surface area contributed by atoms with Gasteiger partial charge in [-0.15, -0.1) is 0 Å². The lowest BCUT2D eigenvalue weighted by Crippen LogP contribution is -2.61. The third-order valence-corrected chi connectivity index (χ3v) is 5.23. The van der Waals surface area contributed by atoms with Gasteiger partial charge in [0.1, 0.15) is 40.8 Å². The summed E-state index contributed by atoms with van der Waals surface area (Å²) < 4.78 is 15.9. The van der Waals surface area contributed by atoms with Gasteiger partial charge in [0.15, 0.2) is 23.4 Å². The van der Waals surface area contributed by atoms with E-state index in [1.807, 2.05) is 0 Å². The van der Waals surface area contributed by atoms with Crippen molar-refractivity contribution in [1.29, 1.82) is 0 Å². The van der Waals surface area contributed by atoms with Crippen LogP contribution in [-0.2, 0) is 9.53 Å². The maximum Gasteiger partial charge on any atom is 0.335 e. The Bertz CT molecular complexity index is 1330. The summed E-state index contributed by atoms with van der Waals surface area (Å²) >= 11 is 0. The van der Waals surface area contributed by atoms with E-state index in [0.717, 1.165) is 24.3 Å². The minimum Gasteiger partial charge on any atom is -0.507 e. The molecular formula is C21H18O13. The Labute approximate surface area is 188 Å². The van der Waals surface area contributed by atoms with Gasteiger partial charge < -0.3 is 54.7 Å². The van der Waals surface area contributed by atoms with Crippen molar-refractivity contribution in [1.82, 2.24) is 0 Å². The molecule has 2 aromatic carbocycles. The molecule has 1 aliphatic rings. The summed E-state index contributed by atoms with van der Waals surface area (Å²) in [5, 5.41) is 78.2. The standard InChI is InChI=1S/C21H18O13/c22-8-2-1-6(3-9(8)23)18-15(27)13(25)12-10(24)4-7(5-11(12)33-18)32-21-17(29)14(26)16(28)19(34-21)20(30)31/h1-5,14,16-17,19,21-24,26-29H,(H,30,31)/t14-,16-,17?,19?,21+/m0/s1. The molecule has 0 spiro atoms. The van der Waals surface area contributed by atoms with Crippen LogP contribution < -0.4 is 10.2 Å². The van der Waals surface area contributed by atoms with Crippen molar-refractivity contribution >= 4 is 16.9 Å². The second kappa shape index (κ2) is 8.39. The first-order valence-corrected chi connectivity index (χ1v) is 9.64. The molecule has 1 aromatic heterocycles. The number of aromatic hydroxyl groups is 4. The number of aliphatic hydroxyl groups excluding tert-OH is 3. The van der Waals surface area contributed by atoms with E-state index in [4.69, 9.17) is 19.0 Å². The van der Waals surface area contributed by atoms with E-state index in [0.29, 0.717) is 0 Å². The van der Waals surface area contributed by atoms with Crippen LogP contribution in [0.5, 0.6) is 28.7 Å². The smallest absolute Gasteiger partial charge is 0.335 e. The minimum absolute atomic E-state index is 0.00468. The molecular weight excluding hydrogens is 460 g/mol. The number of ether oxygens (including phenoxy) is 2. The topological polar surface area (TPSA) is 228 Å². The molecule has 0 aliphatic carbocycles. The lowest BCUT2D eigenvalue weighted by atomic mass is 9.99. The Morgan fingerprint density at radius 2 is 1.59 bits per heavy atom.